The number of nitrogens with zero attached hydrogens (tertiary/aromatic N) is 7. The van der Waals surface area contributed by atoms with Crippen molar-refractivity contribution in [2.75, 3.05) is 69.0 Å². The van der Waals surface area contributed by atoms with Gasteiger partial charge in [0.05, 0.1) is 12.6 Å². The number of nitrogens with one attached hydrogen (secondary N) is 5. The molecule has 1 aliphatic rings. The summed E-state index contributed by atoms with van der Waals surface area (Å²) in [5.74, 6) is -9.65. The second-order valence-electron chi connectivity index (χ2n) is 26.8. The highest BCUT2D eigenvalue weighted by Gasteiger charge is 2.46. The van der Waals surface area contributed by atoms with Crippen LogP contribution in [0.4, 0.5) is 0 Å². The van der Waals surface area contributed by atoms with E-state index >= 15 is 9.59 Å². The van der Waals surface area contributed by atoms with Gasteiger partial charge in [0.2, 0.25) is 65.0 Å². The van der Waals surface area contributed by atoms with Gasteiger partial charge in [-0.25, -0.2) is 0 Å². The molecule has 0 aromatic carbocycles. The fourth-order valence-corrected chi connectivity index (χ4v) is 11.0. The number of rotatable bonds is 18. The molecule has 1 rings (SSSR count). The van der Waals surface area contributed by atoms with Crippen LogP contribution in [0, 0.1) is 41.4 Å². The highest BCUT2D eigenvalue weighted by molar-refractivity contribution is 5.99. The maximum atomic E-state index is 15.2. The van der Waals surface area contributed by atoms with Crippen molar-refractivity contribution in [3.05, 3.63) is 0 Å². The van der Waals surface area contributed by atoms with Gasteiger partial charge in [0, 0.05) is 49.3 Å². The molecule has 0 aromatic rings. The first-order valence-corrected chi connectivity index (χ1v) is 31.7. The summed E-state index contributed by atoms with van der Waals surface area (Å²) in [6, 6.07) is -12.3. The quantitative estimate of drug-likeness (QED) is 0.108. The molecule has 1 heterocycles. The van der Waals surface area contributed by atoms with Crippen molar-refractivity contribution >= 4 is 65.0 Å². The minimum atomic E-state index is -1.60. The number of hydrogen-bond acceptors (Lipinski definition) is 13. The molecule has 1 saturated heterocycles. The van der Waals surface area contributed by atoms with Gasteiger partial charge >= 0.3 is 0 Å². The lowest BCUT2D eigenvalue weighted by atomic mass is 9.91. The zero-order valence-electron chi connectivity index (χ0n) is 57.5. The van der Waals surface area contributed by atoms with Crippen LogP contribution in [0.25, 0.3) is 0 Å². The van der Waals surface area contributed by atoms with Crippen molar-refractivity contribution in [1.82, 2.24) is 60.9 Å². The Hall–Kier alpha value is -5.91. The van der Waals surface area contributed by atoms with Crippen LogP contribution in [-0.2, 0) is 52.7 Å². The van der Waals surface area contributed by atoms with Crippen molar-refractivity contribution < 1.29 is 57.8 Å². The van der Waals surface area contributed by atoms with Crippen LogP contribution in [0.2, 0.25) is 0 Å². The van der Waals surface area contributed by atoms with Gasteiger partial charge in [-0.15, -0.1) is 0 Å². The normalized spacial score (nSPS) is 26.5. The number of amides is 11. The molecule has 24 nitrogen and oxygen atoms in total. The summed E-state index contributed by atoms with van der Waals surface area (Å²) in [7, 11) is 9.96. The summed E-state index contributed by atoms with van der Waals surface area (Å²) in [5, 5.41) is 26.5. The Morgan fingerprint density at radius 3 is 1.33 bits per heavy atom. The molecule has 87 heavy (non-hydrogen) atoms. The first kappa shape index (κ1) is 79.1. The van der Waals surface area contributed by atoms with E-state index in [1.165, 1.54) is 87.7 Å². The van der Waals surface area contributed by atoms with Crippen LogP contribution >= 0.6 is 0 Å². The van der Waals surface area contributed by atoms with Gasteiger partial charge in [-0.3, -0.25) is 52.7 Å². The van der Waals surface area contributed by atoms with Crippen LogP contribution in [0.3, 0.4) is 0 Å². The minimum absolute atomic E-state index is 0.0252. The van der Waals surface area contributed by atoms with Gasteiger partial charge < -0.3 is 66.0 Å². The highest BCUT2D eigenvalue weighted by Crippen LogP contribution is 2.25. The van der Waals surface area contributed by atoms with Gasteiger partial charge in [0.1, 0.15) is 60.4 Å². The van der Waals surface area contributed by atoms with Gasteiger partial charge in [-0.2, -0.15) is 0 Å². The lowest BCUT2D eigenvalue weighted by Crippen LogP contribution is -2.63. The second kappa shape index (κ2) is 36.5. The summed E-state index contributed by atoms with van der Waals surface area (Å²) in [6.45, 7) is 30.8. The number of aliphatic hydroxyl groups excluding tert-OH is 1. The molecule has 0 aliphatic carbocycles. The van der Waals surface area contributed by atoms with E-state index < -0.39 is 156 Å². The predicted molar refractivity (Wildman–Crippen MR) is 337 cm³/mol. The Morgan fingerprint density at radius 2 is 0.874 bits per heavy atom. The Kier molecular flexibility index (Phi) is 33.2. The zero-order chi connectivity index (χ0) is 67.4. The van der Waals surface area contributed by atoms with Crippen molar-refractivity contribution in [3.8, 4) is 0 Å². The third kappa shape index (κ3) is 22.9. The fraction of sp³-hybridized carbons (Fsp3) is 0.825. The smallest absolute Gasteiger partial charge is 0.246 e. The number of likely N-dealkylation sites (N-methyl/N-ethyl adjacent to an activating group) is 7. The van der Waals surface area contributed by atoms with Crippen LogP contribution in [0.15, 0.2) is 0 Å². The standard InChI is InChI=1S/C63H116N12O12/c1-25-28-64-29-27-41(15)53(77)52-57(81)67-44(26-2)59(83)69(18)34-49(76)70(19)45(30-35(3)4)56(80)68-50(39(11)12)62(86)71(20)46(31-36(5)6)55(79)65-42(16)54(78)66-43(17)58(82)72(21)47(32-37(7)8)60(84)73(22)48(33-38(9)10)61(85)74(23)51(40(13)14)63(87)75(52)24/h35-48,50-53,64,77H,25-34H2,1-24H3,(H,65,79)(H,66,78)(H,67,81)(H,68,80). The van der Waals surface area contributed by atoms with E-state index in [0.29, 0.717) is 19.5 Å². The van der Waals surface area contributed by atoms with E-state index in [1.807, 2.05) is 62.3 Å². The average Bonchev–Trinajstić information content (AvgIpc) is 2.78. The molecule has 0 saturated carbocycles. The summed E-state index contributed by atoms with van der Waals surface area (Å²) in [5.41, 5.74) is 0. The maximum Gasteiger partial charge on any atom is 0.246 e. The topological polar surface area (TPSA) is 291 Å². The third-order valence-corrected chi connectivity index (χ3v) is 16.5. The van der Waals surface area contributed by atoms with E-state index in [2.05, 4.69) is 26.6 Å². The van der Waals surface area contributed by atoms with E-state index in [-0.39, 0.29) is 55.8 Å². The molecule has 11 amide bonds. The lowest BCUT2D eigenvalue weighted by Gasteiger charge is -2.41. The molecule has 1 fully saturated rings. The molecular formula is C63H116N12O12. The fourth-order valence-electron chi connectivity index (χ4n) is 11.0. The van der Waals surface area contributed by atoms with Crippen molar-refractivity contribution in [2.45, 2.75) is 229 Å². The molecule has 0 spiro atoms. The SMILES string of the molecule is CCCNCCC(C)C(O)C1C(=O)NC(CC)C(=O)N(C)CC(=O)N(C)C(CC(C)C)C(=O)NC(C(C)C)C(=O)N(C)C(CC(C)C)C(=O)NC(C)C(=O)NC(C)C(=O)N(C)C(CC(C)C)C(=O)N(C)C(CC(C)C)C(=O)N(C)C(C(C)C)C(=O)N1C. The van der Waals surface area contributed by atoms with Crippen LogP contribution < -0.4 is 26.6 Å². The molecule has 6 N–H and O–H groups in total. The average molecular weight is 1230 g/mol. The molecule has 0 aromatic heterocycles. The zero-order valence-corrected chi connectivity index (χ0v) is 57.5. The maximum absolute atomic E-state index is 15.2. The Balaban J connectivity index is 4.33. The Labute approximate surface area is 521 Å². The van der Waals surface area contributed by atoms with Crippen molar-refractivity contribution in [1.29, 1.82) is 0 Å². The summed E-state index contributed by atoms with van der Waals surface area (Å²) in [4.78, 5) is 169. The Morgan fingerprint density at radius 1 is 0.448 bits per heavy atom. The van der Waals surface area contributed by atoms with Crippen LogP contribution in [-0.4, -0.2) is 240 Å². The third-order valence-electron chi connectivity index (χ3n) is 16.5. The van der Waals surface area contributed by atoms with E-state index in [9.17, 15) is 48.3 Å². The number of carbonyl (C=O) groups is 11. The van der Waals surface area contributed by atoms with Gasteiger partial charge in [0.25, 0.3) is 0 Å². The summed E-state index contributed by atoms with van der Waals surface area (Å²) >= 11 is 0. The molecule has 12 unspecified atom stereocenters. The number of hydrogen-bond donors (Lipinski definition) is 6. The van der Waals surface area contributed by atoms with Crippen LogP contribution in [0.1, 0.15) is 163 Å². The van der Waals surface area contributed by atoms with Gasteiger partial charge in [-0.05, 0) is 113 Å². The van der Waals surface area contributed by atoms with E-state index in [1.54, 1.807) is 41.5 Å². The summed E-state index contributed by atoms with van der Waals surface area (Å²) < 4.78 is 0. The first-order valence-electron chi connectivity index (χ1n) is 31.7. The number of aliphatic hydroxyl groups is 1. The molecule has 24 heteroatoms. The predicted octanol–water partition coefficient (Wildman–Crippen LogP) is 2.69. The van der Waals surface area contributed by atoms with E-state index in [0.717, 1.165) is 16.2 Å². The number of carbonyl (C=O) groups excluding carboxylic acids is 11. The van der Waals surface area contributed by atoms with Gasteiger partial charge in [-0.1, -0.05) is 104 Å². The Bertz CT molecular complexity index is 2310. The monoisotopic (exact) mass is 1230 g/mol. The van der Waals surface area contributed by atoms with Gasteiger partial charge in [0.15, 0.2) is 0 Å². The lowest BCUT2D eigenvalue weighted by molar-refractivity contribution is -0.157. The molecule has 500 valence electrons. The second-order valence-corrected chi connectivity index (χ2v) is 26.8. The highest BCUT2D eigenvalue weighted by atomic mass is 16.3. The van der Waals surface area contributed by atoms with Crippen LogP contribution in [0.5, 0.6) is 0 Å². The molecule has 12 atom stereocenters. The molecule has 1 aliphatic heterocycles. The molecular weight excluding hydrogens is 1120 g/mol. The van der Waals surface area contributed by atoms with E-state index in [4.69, 9.17) is 0 Å². The molecule has 0 radical (unpaired) electrons. The largest absolute Gasteiger partial charge is 0.390 e. The summed E-state index contributed by atoms with van der Waals surface area (Å²) in [6.07, 6.45) is 0.412. The minimum Gasteiger partial charge on any atom is -0.390 e. The first-order chi connectivity index (χ1) is 40.2. The van der Waals surface area contributed by atoms with Crippen molar-refractivity contribution in [3.63, 3.8) is 0 Å². The van der Waals surface area contributed by atoms with Crippen molar-refractivity contribution in [2.24, 2.45) is 41.4 Å². The molecule has 0 bridgehead atoms.